The molecule has 0 radical (unpaired) electrons. The third-order valence-electron chi connectivity index (χ3n) is 2.20. The smallest absolute Gasteiger partial charge is 0.304 e. The van der Waals surface area contributed by atoms with Gasteiger partial charge in [0.15, 0.2) is 6.23 Å². The van der Waals surface area contributed by atoms with Crippen LogP contribution in [0.2, 0.25) is 0 Å². The largest absolute Gasteiger partial charge is 0.442 e. The highest BCUT2D eigenvalue weighted by Crippen LogP contribution is 2.16. The molecule has 0 amide bonds. The second kappa shape index (κ2) is 5.39. The molecule has 0 saturated heterocycles. The molecular formula is C12H17NO2. The van der Waals surface area contributed by atoms with Crippen molar-refractivity contribution in [3.8, 4) is 0 Å². The second-order valence-electron chi connectivity index (χ2n) is 3.33. The van der Waals surface area contributed by atoms with E-state index in [1.165, 1.54) is 6.92 Å². The maximum atomic E-state index is 10.9. The maximum absolute atomic E-state index is 10.9. The van der Waals surface area contributed by atoms with E-state index >= 15 is 0 Å². The van der Waals surface area contributed by atoms with Crippen molar-refractivity contribution in [1.82, 2.24) is 0 Å². The van der Waals surface area contributed by atoms with Crippen LogP contribution in [0.25, 0.3) is 0 Å². The minimum Gasteiger partial charge on any atom is -0.442 e. The van der Waals surface area contributed by atoms with Gasteiger partial charge in [0, 0.05) is 19.2 Å². The maximum Gasteiger partial charge on any atom is 0.304 e. The molecule has 0 aromatic heterocycles. The Hall–Kier alpha value is -1.51. The molecule has 15 heavy (non-hydrogen) atoms. The van der Waals surface area contributed by atoms with Crippen LogP contribution in [0.15, 0.2) is 30.3 Å². The van der Waals surface area contributed by atoms with Crippen LogP contribution in [0.3, 0.4) is 0 Å². The summed E-state index contributed by atoms with van der Waals surface area (Å²) < 4.78 is 5.14. The van der Waals surface area contributed by atoms with Gasteiger partial charge < -0.3 is 9.64 Å². The van der Waals surface area contributed by atoms with Crippen molar-refractivity contribution in [2.75, 3.05) is 11.4 Å². The van der Waals surface area contributed by atoms with Gasteiger partial charge in [-0.25, -0.2) is 0 Å². The van der Waals surface area contributed by atoms with Crippen molar-refractivity contribution in [1.29, 1.82) is 0 Å². The average molecular weight is 207 g/mol. The van der Waals surface area contributed by atoms with Crippen molar-refractivity contribution >= 4 is 11.7 Å². The molecule has 0 fully saturated rings. The monoisotopic (exact) mass is 207 g/mol. The Morgan fingerprint density at radius 1 is 1.40 bits per heavy atom. The Bertz CT molecular complexity index is 311. The van der Waals surface area contributed by atoms with Gasteiger partial charge in [0.05, 0.1) is 0 Å². The van der Waals surface area contributed by atoms with Gasteiger partial charge in [0.2, 0.25) is 0 Å². The number of para-hydroxylation sites is 1. The van der Waals surface area contributed by atoms with Gasteiger partial charge in [-0.15, -0.1) is 0 Å². The summed E-state index contributed by atoms with van der Waals surface area (Å²) in [4.78, 5) is 12.9. The van der Waals surface area contributed by atoms with Gasteiger partial charge in [-0.2, -0.15) is 0 Å². The van der Waals surface area contributed by atoms with Crippen LogP contribution in [0.5, 0.6) is 0 Å². The quantitative estimate of drug-likeness (QED) is 0.561. The summed E-state index contributed by atoms with van der Waals surface area (Å²) in [6, 6.07) is 9.91. The van der Waals surface area contributed by atoms with Gasteiger partial charge >= 0.3 is 5.97 Å². The lowest BCUT2D eigenvalue weighted by atomic mass is 10.3. The zero-order valence-electron chi connectivity index (χ0n) is 9.43. The summed E-state index contributed by atoms with van der Waals surface area (Å²) in [7, 11) is 0. The standard InChI is InChI=1S/C12H17NO2/c1-4-13(10(2)15-11(3)14)12-8-6-5-7-9-12/h5-10H,4H2,1-3H3. The van der Waals surface area contributed by atoms with E-state index in [2.05, 4.69) is 0 Å². The number of carbonyl (C=O) groups excluding carboxylic acids is 1. The number of rotatable bonds is 4. The molecule has 0 aliphatic carbocycles. The molecule has 1 aromatic carbocycles. The fourth-order valence-corrected chi connectivity index (χ4v) is 1.57. The number of hydrogen-bond acceptors (Lipinski definition) is 3. The first kappa shape index (κ1) is 11.6. The summed E-state index contributed by atoms with van der Waals surface area (Å²) in [5.74, 6) is -0.253. The van der Waals surface area contributed by atoms with E-state index in [1.54, 1.807) is 0 Å². The van der Waals surface area contributed by atoms with Gasteiger partial charge in [-0.05, 0) is 26.0 Å². The second-order valence-corrected chi connectivity index (χ2v) is 3.33. The first-order valence-corrected chi connectivity index (χ1v) is 5.14. The van der Waals surface area contributed by atoms with Crippen LogP contribution in [0, 0.1) is 0 Å². The Kier molecular flexibility index (Phi) is 4.16. The molecule has 1 atom stereocenters. The summed E-state index contributed by atoms with van der Waals surface area (Å²) in [5, 5.41) is 0. The number of anilines is 1. The number of ether oxygens (including phenoxy) is 1. The van der Waals surface area contributed by atoms with Crippen LogP contribution in [0.4, 0.5) is 5.69 Å². The topological polar surface area (TPSA) is 29.5 Å². The van der Waals surface area contributed by atoms with E-state index in [9.17, 15) is 4.79 Å². The summed E-state index contributed by atoms with van der Waals surface area (Å²) >= 11 is 0. The number of esters is 1. The highest BCUT2D eigenvalue weighted by Gasteiger charge is 2.14. The third kappa shape index (κ3) is 3.27. The van der Waals surface area contributed by atoms with E-state index in [0.29, 0.717) is 0 Å². The van der Waals surface area contributed by atoms with E-state index in [-0.39, 0.29) is 12.2 Å². The first-order chi connectivity index (χ1) is 7.15. The van der Waals surface area contributed by atoms with Gasteiger partial charge in [-0.3, -0.25) is 4.79 Å². The van der Waals surface area contributed by atoms with E-state index in [0.717, 1.165) is 12.2 Å². The van der Waals surface area contributed by atoms with Crippen molar-refractivity contribution < 1.29 is 9.53 Å². The molecule has 0 heterocycles. The lowest BCUT2D eigenvalue weighted by molar-refractivity contribution is -0.145. The first-order valence-electron chi connectivity index (χ1n) is 5.14. The SMILES string of the molecule is CCN(c1ccccc1)C(C)OC(C)=O. The Balaban J connectivity index is 2.75. The van der Waals surface area contributed by atoms with E-state index in [1.807, 2.05) is 49.1 Å². The molecule has 0 saturated carbocycles. The van der Waals surface area contributed by atoms with E-state index < -0.39 is 0 Å². The summed E-state index contributed by atoms with van der Waals surface area (Å²) in [6.45, 7) is 6.14. The lowest BCUT2D eigenvalue weighted by Gasteiger charge is -2.29. The van der Waals surface area contributed by atoms with Crippen molar-refractivity contribution in [2.45, 2.75) is 27.0 Å². The molecular weight excluding hydrogens is 190 g/mol. The van der Waals surface area contributed by atoms with Crippen molar-refractivity contribution in [3.05, 3.63) is 30.3 Å². The third-order valence-corrected chi connectivity index (χ3v) is 2.20. The number of nitrogens with zero attached hydrogens (tertiary/aromatic N) is 1. The Labute approximate surface area is 90.7 Å². The fourth-order valence-electron chi connectivity index (χ4n) is 1.57. The molecule has 82 valence electrons. The number of carbonyl (C=O) groups is 1. The summed E-state index contributed by atoms with van der Waals surface area (Å²) in [6.07, 6.45) is -0.227. The molecule has 1 aromatic rings. The molecule has 0 bridgehead atoms. The minimum absolute atomic E-state index is 0.227. The number of hydrogen-bond donors (Lipinski definition) is 0. The molecule has 0 aliphatic heterocycles. The molecule has 3 nitrogen and oxygen atoms in total. The number of benzene rings is 1. The van der Waals surface area contributed by atoms with Crippen LogP contribution < -0.4 is 4.90 Å². The van der Waals surface area contributed by atoms with Crippen molar-refractivity contribution in [2.24, 2.45) is 0 Å². The average Bonchev–Trinajstić information content (AvgIpc) is 2.19. The fraction of sp³-hybridized carbons (Fsp3) is 0.417. The normalized spacial score (nSPS) is 11.9. The lowest BCUT2D eigenvalue weighted by Crippen LogP contribution is -2.36. The molecule has 1 rings (SSSR count). The zero-order chi connectivity index (χ0) is 11.3. The van der Waals surface area contributed by atoms with Gasteiger partial charge in [0.25, 0.3) is 0 Å². The molecule has 3 heteroatoms. The zero-order valence-corrected chi connectivity index (χ0v) is 9.43. The predicted octanol–water partition coefficient (Wildman–Crippen LogP) is 2.42. The highest BCUT2D eigenvalue weighted by molar-refractivity contribution is 5.66. The molecule has 1 unspecified atom stereocenters. The van der Waals surface area contributed by atoms with Gasteiger partial charge in [-0.1, -0.05) is 18.2 Å². The van der Waals surface area contributed by atoms with E-state index in [4.69, 9.17) is 4.74 Å². The van der Waals surface area contributed by atoms with Crippen LogP contribution in [0.1, 0.15) is 20.8 Å². The predicted molar refractivity (Wildman–Crippen MR) is 60.7 cm³/mol. The molecule has 0 aliphatic rings. The highest BCUT2D eigenvalue weighted by atomic mass is 16.6. The van der Waals surface area contributed by atoms with Crippen LogP contribution >= 0.6 is 0 Å². The minimum atomic E-state index is -0.253. The Morgan fingerprint density at radius 3 is 2.47 bits per heavy atom. The van der Waals surface area contributed by atoms with Crippen LogP contribution in [-0.4, -0.2) is 18.7 Å². The van der Waals surface area contributed by atoms with Crippen molar-refractivity contribution in [3.63, 3.8) is 0 Å². The molecule has 0 spiro atoms. The van der Waals surface area contributed by atoms with Gasteiger partial charge in [0.1, 0.15) is 0 Å². The van der Waals surface area contributed by atoms with Crippen LogP contribution in [-0.2, 0) is 9.53 Å². The Morgan fingerprint density at radius 2 is 2.00 bits per heavy atom. The summed E-state index contributed by atoms with van der Waals surface area (Å²) in [5.41, 5.74) is 1.06. The molecule has 0 N–H and O–H groups in total.